The van der Waals surface area contributed by atoms with Gasteiger partial charge in [0, 0.05) is 17.0 Å². The van der Waals surface area contributed by atoms with E-state index in [9.17, 15) is 0 Å². The highest BCUT2D eigenvalue weighted by Gasteiger charge is 2.08. The Hall–Kier alpha value is -1.65. The Labute approximate surface area is 124 Å². The lowest BCUT2D eigenvalue weighted by Crippen LogP contribution is -2.01. The van der Waals surface area contributed by atoms with Crippen LogP contribution in [-0.2, 0) is 6.54 Å². The molecule has 106 valence electrons. The van der Waals surface area contributed by atoms with Crippen LogP contribution >= 0.6 is 11.8 Å². The molecule has 0 amide bonds. The first-order chi connectivity index (χ1) is 9.78. The van der Waals surface area contributed by atoms with Gasteiger partial charge in [-0.05, 0) is 49.6 Å². The highest BCUT2D eigenvalue weighted by Crippen LogP contribution is 2.32. The molecule has 4 heteroatoms. The molecule has 0 aliphatic carbocycles. The maximum atomic E-state index is 5.93. The number of hydrogen-bond donors (Lipinski definition) is 1. The van der Waals surface area contributed by atoms with Crippen LogP contribution in [0.25, 0.3) is 0 Å². The van der Waals surface area contributed by atoms with Gasteiger partial charge in [0.05, 0.1) is 6.61 Å². The third-order valence-corrected chi connectivity index (χ3v) is 3.70. The quantitative estimate of drug-likeness (QED) is 0.815. The summed E-state index contributed by atoms with van der Waals surface area (Å²) >= 11 is 1.67. The first-order valence-electron chi connectivity index (χ1n) is 6.55. The summed E-state index contributed by atoms with van der Waals surface area (Å²) in [6.45, 7) is 3.09. The molecule has 2 rings (SSSR count). The third kappa shape index (κ3) is 3.46. The Morgan fingerprint density at radius 1 is 1.05 bits per heavy atom. The van der Waals surface area contributed by atoms with E-state index in [-0.39, 0.29) is 0 Å². The van der Waals surface area contributed by atoms with E-state index in [2.05, 4.69) is 6.07 Å². The van der Waals surface area contributed by atoms with Crippen molar-refractivity contribution in [1.29, 1.82) is 0 Å². The van der Waals surface area contributed by atoms with Crippen LogP contribution in [-0.4, -0.2) is 12.9 Å². The minimum Gasteiger partial charge on any atom is -0.494 e. The minimum atomic E-state index is 0.462. The summed E-state index contributed by atoms with van der Waals surface area (Å²) in [7, 11) is 0. The van der Waals surface area contributed by atoms with Crippen molar-refractivity contribution in [1.82, 2.24) is 0 Å². The van der Waals surface area contributed by atoms with Gasteiger partial charge in [-0.1, -0.05) is 6.07 Å². The van der Waals surface area contributed by atoms with Gasteiger partial charge in [-0.3, -0.25) is 0 Å². The molecule has 2 aromatic rings. The predicted molar refractivity (Wildman–Crippen MR) is 83.8 cm³/mol. The largest absolute Gasteiger partial charge is 0.494 e. The zero-order valence-corrected chi connectivity index (χ0v) is 12.6. The maximum absolute atomic E-state index is 5.93. The molecule has 0 heterocycles. The van der Waals surface area contributed by atoms with Crippen LogP contribution in [0, 0.1) is 0 Å². The zero-order chi connectivity index (χ0) is 14.4. The molecule has 0 saturated carbocycles. The molecular weight excluding hydrogens is 270 g/mol. The van der Waals surface area contributed by atoms with Gasteiger partial charge in [0.2, 0.25) is 0 Å². The molecule has 20 heavy (non-hydrogen) atoms. The van der Waals surface area contributed by atoms with Crippen LogP contribution in [0.3, 0.4) is 0 Å². The Balaban J connectivity index is 2.21. The van der Waals surface area contributed by atoms with E-state index in [4.69, 9.17) is 15.2 Å². The van der Waals surface area contributed by atoms with Crippen molar-refractivity contribution in [3.05, 3.63) is 48.0 Å². The van der Waals surface area contributed by atoms with E-state index >= 15 is 0 Å². The van der Waals surface area contributed by atoms with E-state index in [1.54, 1.807) is 11.8 Å². The smallest absolute Gasteiger partial charge is 0.133 e. The number of nitrogens with two attached hydrogens (primary N) is 1. The summed E-state index contributed by atoms with van der Waals surface area (Å²) in [4.78, 5) is 1.15. The molecule has 0 unspecified atom stereocenters. The first kappa shape index (κ1) is 14.8. The van der Waals surface area contributed by atoms with Gasteiger partial charge in [-0.15, -0.1) is 11.8 Å². The molecular formula is C16H19NO2S. The fourth-order valence-corrected chi connectivity index (χ4v) is 2.58. The molecule has 0 aliphatic rings. The molecule has 0 radical (unpaired) electrons. The van der Waals surface area contributed by atoms with Crippen molar-refractivity contribution in [3.8, 4) is 17.2 Å². The van der Waals surface area contributed by atoms with Crippen LogP contribution in [0.5, 0.6) is 17.2 Å². The van der Waals surface area contributed by atoms with Crippen molar-refractivity contribution in [2.45, 2.75) is 18.4 Å². The summed E-state index contributed by atoms with van der Waals surface area (Å²) in [5.74, 6) is 2.43. The van der Waals surface area contributed by atoms with E-state index in [1.165, 1.54) is 0 Å². The van der Waals surface area contributed by atoms with Gasteiger partial charge in [0.1, 0.15) is 17.2 Å². The molecule has 0 atom stereocenters. The van der Waals surface area contributed by atoms with Gasteiger partial charge in [0.15, 0.2) is 0 Å². The summed E-state index contributed by atoms with van der Waals surface area (Å²) in [6.07, 6.45) is 2.04. The lowest BCUT2D eigenvalue weighted by atomic mass is 10.2. The summed E-state index contributed by atoms with van der Waals surface area (Å²) < 4.78 is 11.3. The minimum absolute atomic E-state index is 0.462. The Bertz CT molecular complexity index is 555. The van der Waals surface area contributed by atoms with Crippen molar-refractivity contribution < 1.29 is 9.47 Å². The Kier molecular flexibility index (Phi) is 5.32. The molecule has 2 N–H and O–H groups in total. The number of hydrogen-bond acceptors (Lipinski definition) is 4. The first-order valence-corrected chi connectivity index (χ1v) is 7.77. The zero-order valence-electron chi connectivity index (χ0n) is 11.8. The number of ether oxygens (including phenoxy) is 2. The lowest BCUT2D eigenvalue weighted by molar-refractivity contribution is 0.339. The van der Waals surface area contributed by atoms with Crippen LogP contribution < -0.4 is 15.2 Å². The standard InChI is InChI=1S/C16H19NO2S/c1-3-18-12-7-9-13(10-8-12)19-15-5-4-6-16(20-2)14(15)11-17/h4-10H,3,11,17H2,1-2H3. The van der Waals surface area contributed by atoms with Crippen molar-refractivity contribution in [2.24, 2.45) is 5.73 Å². The Morgan fingerprint density at radius 3 is 2.35 bits per heavy atom. The SMILES string of the molecule is CCOc1ccc(Oc2cccc(SC)c2CN)cc1. The lowest BCUT2D eigenvalue weighted by Gasteiger charge is -2.13. The molecule has 0 bridgehead atoms. The molecule has 0 fully saturated rings. The normalized spacial score (nSPS) is 10.3. The van der Waals surface area contributed by atoms with Crippen molar-refractivity contribution in [3.63, 3.8) is 0 Å². The molecule has 0 aromatic heterocycles. The van der Waals surface area contributed by atoms with Gasteiger partial charge in [0.25, 0.3) is 0 Å². The van der Waals surface area contributed by atoms with Crippen LogP contribution in [0.1, 0.15) is 12.5 Å². The number of thioether (sulfide) groups is 1. The average molecular weight is 289 g/mol. The second-order valence-corrected chi connectivity index (χ2v) is 5.00. The molecule has 3 nitrogen and oxygen atoms in total. The Morgan fingerprint density at radius 2 is 1.75 bits per heavy atom. The average Bonchev–Trinajstić information content (AvgIpc) is 2.49. The molecule has 0 aliphatic heterocycles. The van der Waals surface area contributed by atoms with E-state index < -0.39 is 0 Å². The predicted octanol–water partition coefficient (Wildman–Crippen LogP) is 4.06. The summed E-state index contributed by atoms with van der Waals surface area (Å²) in [5.41, 5.74) is 6.87. The number of benzene rings is 2. The van der Waals surface area contributed by atoms with Gasteiger partial charge in [-0.25, -0.2) is 0 Å². The monoisotopic (exact) mass is 289 g/mol. The molecule has 0 spiro atoms. The maximum Gasteiger partial charge on any atom is 0.133 e. The summed E-state index contributed by atoms with van der Waals surface area (Å²) in [5, 5.41) is 0. The summed E-state index contributed by atoms with van der Waals surface area (Å²) in [6, 6.07) is 13.6. The second-order valence-electron chi connectivity index (χ2n) is 4.15. The van der Waals surface area contributed by atoms with Crippen molar-refractivity contribution >= 4 is 11.8 Å². The van der Waals surface area contributed by atoms with Crippen LogP contribution in [0.2, 0.25) is 0 Å². The second kappa shape index (κ2) is 7.22. The number of rotatable bonds is 6. The van der Waals surface area contributed by atoms with E-state index in [0.717, 1.165) is 27.7 Å². The highest BCUT2D eigenvalue weighted by atomic mass is 32.2. The van der Waals surface area contributed by atoms with Crippen molar-refractivity contribution in [2.75, 3.05) is 12.9 Å². The van der Waals surface area contributed by atoms with E-state index in [1.807, 2.05) is 49.6 Å². The molecule has 2 aromatic carbocycles. The van der Waals surface area contributed by atoms with Gasteiger partial charge < -0.3 is 15.2 Å². The van der Waals surface area contributed by atoms with Crippen LogP contribution in [0.4, 0.5) is 0 Å². The van der Waals surface area contributed by atoms with E-state index in [0.29, 0.717) is 13.2 Å². The van der Waals surface area contributed by atoms with Gasteiger partial charge >= 0.3 is 0 Å². The third-order valence-electron chi connectivity index (χ3n) is 2.88. The molecule has 0 saturated heterocycles. The highest BCUT2D eigenvalue weighted by molar-refractivity contribution is 7.98. The fourth-order valence-electron chi connectivity index (χ4n) is 1.93. The van der Waals surface area contributed by atoms with Crippen LogP contribution in [0.15, 0.2) is 47.4 Å². The topological polar surface area (TPSA) is 44.5 Å². The van der Waals surface area contributed by atoms with Gasteiger partial charge in [-0.2, -0.15) is 0 Å². The fraction of sp³-hybridized carbons (Fsp3) is 0.250.